The van der Waals surface area contributed by atoms with Crippen LogP contribution in [0.1, 0.15) is 31.4 Å². The van der Waals surface area contributed by atoms with Gasteiger partial charge in [0.15, 0.2) is 0 Å². The van der Waals surface area contributed by atoms with Crippen LogP contribution in [0.5, 0.6) is 5.75 Å². The highest BCUT2D eigenvalue weighted by atomic mass is 32.2. The van der Waals surface area contributed by atoms with Crippen LogP contribution in [0.3, 0.4) is 0 Å². The van der Waals surface area contributed by atoms with Gasteiger partial charge in [-0.25, -0.2) is 0 Å². The number of aryl methyl sites for hydroxylation is 1. The number of ether oxygens (including phenoxy) is 1. The topological polar surface area (TPSA) is 85.4 Å². The van der Waals surface area contributed by atoms with Crippen molar-refractivity contribution in [3.63, 3.8) is 0 Å². The van der Waals surface area contributed by atoms with Gasteiger partial charge in [0.25, 0.3) is 5.22 Å². The molecule has 2 aliphatic heterocycles. The van der Waals surface area contributed by atoms with Crippen molar-refractivity contribution in [1.29, 1.82) is 0 Å². The van der Waals surface area contributed by atoms with Crippen LogP contribution in [0.2, 0.25) is 0 Å². The minimum Gasteiger partial charge on any atom is -0.494 e. The van der Waals surface area contributed by atoms with Gasteiger partial charge in [0.2, 0.25) is 11.8 Å². The summed E-state index contributed by atoms with van der Waals surface area (Å²) in [7, 11) is 0. The smallest absolute Gasteiger partial charge is 0.277 e. The van der Waals surface area contributed by atoms with Crippen molar-refractivity contribution in [2.24, 2.45) is 0 Å². The summed E-state index contributed by atoms with van der Waals surface area (Å²) in [6, 6.07) is 10.4. The molecule has 0 aliphatic carbocycles. The molecule has 162 valence electrons. The predicted octanol–water partition coefficient (Wildman–Crippen LogP) is 3.60. The maximum Gasteiger partial charge on any atom is 0.277 e. The number of nitrogens with one attached hydrogen (secondary N) is 1. The molecular weight excluding hydrogens is 414 g/mol. The maximum absolute atomic E-state index is 12.7. The molecule has 1 fully saturated rings. The van der Waals surface area contributed by atoms with E-state index in [9.17, 15) is 4.79 Å². The molecule has 1 aromatic carbocycles. The van der Waals surface area contributed by atoms with Crippen LogP contribution in [-0.2, 0) is 10.3 Å². The highest BCUT2D eigenvalue weighted by Gasteiger charge is 2.42. The Morgan fingerprint density at radius 1 is 1.29 bits per heavy atom. The molecule has 9 heteroatoms. The first-order chi connectivity index (χ1) is 15.1. The van der Waals surface area contributed by atoms with Gasteiger partial charge in [0, 0.05) is 38.0 Å². The first-order valence-corrected chi connectivity index (χ1v) is 11.5. The number of fused-ring (bicyclic) bond motifs is 4. The van der Waals surface area contributed by atoms with Crippen LogP contribution < -0.4 is 10.1 Å². The molecule has 2 aromatic heterocycles. The number of carbonyl (C=O) groups excluding carboxylic acids is 1. The number of hydrogen-bond acceptors (Lipinski definition) is 7. The van der Waals surface area contributed by atoms with Gasteiger partial charge in [-0.1, -0.05) is 11.8 Å². The summed E-state index contributed by atoms with van der Waals surface area (Å²) >= 11 is 1.29. The number of piperidine rings is 1. The lowest BCUT2D eigenvalue weighted by Crippen LogP contribution is -2.51. The quantitative estimate of drug-likeness (QED) is 0.608. The van der Waals surface area contributed by atoms with Gasteiger partial charge in [0.1, 0.15) is 5.75 Å². The Morgan fingerprint density at radius 3 is 2.87 bits per heavy atom. The number of likely N-dealkylation sites (tertiary alicyclic amines) is 1. The Balaban J connectivity index is 1.30. The Labute approximate surface area is 185 Å². The third kappa shape index (κ3) is 3.67. The number of benzene rings is 1. The van der Waals surface area contributed by atoms with E-state index in [4.69, 9.17) is 9.15 Å². The highest BCUT2D eigenvalue weighted by Crippen LogP contribution is 2.44. The van der Waals surface area contributed by atoms with Crippen LogP contribution in [0.25, 0.3) is 5.69 Å². The van der Waals surface area contributed by atoms with Gasteiger partial charge in [-0.2, -0.15) is 0 Å². The van der Waals surface area contributed by atoms with Crippen LogP contribution in [0.15, 0.2) is 46.2 Å². The van der Waals surface area contributed by atoms with Crippen molar-refractivity contribution in [2.75, 3.05) is 30.8 Å². The fourth-order valence-electron chi connectivity index (χ4n) is 4.46. The van der Waals surface area contributed by atoms with E-state index in [1.807, 2.05) is 17.9 Å². The molecule has 8 nitrogen and oxygen atoms in total. The lowest BCUT2D eigenvalue weighted by molar-refractivity contribution is -0.129. The molecule has 2 aliphatic rings. The normalized spacial score (nSPS) is 16.5. The second kappa shape index (κ2) is 7.96. The Hall–Kier alpha value is -2.94. The number of rotatable bonds is 5. The summed E-state index contributed by atoms with van der Waals surface area (Å²) in [5, 5.41) is 12.0. The predicted molar refractivity (Wildman–Crippen MR) is 118 cm³/mol. The maximum atomic E-state index is 12.7. The summed E-state index contributed by atoms with van der Waals surface area (Å²) in [5.41, 5.74) is 3.23. The molecule has 4 heterocycles. The van der Waals surface area contributed by atoms with E-state index in [2.05, 4.69) is 50.5 Å². The van der Waals surface area contributed by atoms with Gasteiger partial charge in [-0.05, 0) is 44.0 Å². The average Bonchev–Trinajstić information content (AvgIpc) is 3.43. The fraction of sp³-hybridized carbons (Fsp3) is 0.409. The van der Waals surface area contributed by atoms with E-state index >= 15 is 0 Å². The third-order valence-electron chi connectivity index (χ3n) is 5.95. The molecule has 0 unspecified atom stereocenters. The van der Waals surface area contributed by atoms with Gasteiger partial charge >= 0.3 is 0 Å². The number of amides is 1. The Bertz CT molecular complexity index is 1100. The molecule has 5 rings (SSSR count). The molecule has 1 amide bonds. The minimum atomic E-state index is -0.200. The standard InChI is InChI=1S/C22H25N5O3S/c1-3-29-16-6-7-18-17(13-16)23-22(19-5-4-10-27(18)19)8-11-26(12-9-22)20(28)14-31-21-25-24-15(2)30-21/h4-7,10,13,23H,3,8-9,11-12,14H2,1-2H3. The molecule has 0 atom stereocenters. The largest absolute Gasteiger partial charge is 0.494 e. The van der Waals surface area contributed by atoms with E-state index in [0.717, 1.165) is 30.0 Å². The van der Waals surface area contributed by atoms with Gasteiger partial charge in [0.05, 0.1) is 29.3 Å². The molecule has 31 heavy (non-hydrogen) atoms. The highest BCUT2D eigenvalue weighted by molar-refractivity contribution is 7.99. The number of carbonyl (C=O) groups is 1. The fourth-order valence-corrected chi connectivity index (χ4v) is 5.16. The number of anilines is 1. The van der Waals surface area contributed by atoms with E-state index in [0.29, 0.717) is 36.6 Å². The molecule has 0 bridgehead atoms. The molecular formula is C22H25N5O3S. The summed E-state index contributed by atoms with van der Waals surface area (Å²) in [5.74, 6) is 1.77. The number of thioether (sulfide) groups is 1. The number of nitrogens with zero attached hydrogens (tertiary/aromatic N) is 4. The van der Waals surface area contributed by atoms with Crippen molar-refractivity contribution in [3.05, 3.63) is 48.1 Å². The SMILES string of the molecule is CCOc1ccc2c(c1)NC1(CCN(C(=O)CSc3nnc(C)o3)CC1)c1cccn1-2. The van der Waals surface area contributed by atoms with Gasteiger partial charge < -0.3 is 23.9 Å². The first-order valence-electron chi connectivity index (χ1n) is 10.5. The van der Waals surface area contributed by atoms with Crippen molar-refractivity contribution in [2.45, 2.75) is 37.5 Å². The summed E-state index contributed by atoms with van der Waals surface area (Å²) in [6.45, 7) is 5.76. The van der Waals surface area contributed by atoms with Crippen molar-refractivity contribution in [3.8, 4) is 11.4 Å². The van der Waals surface area contributed by atoms with Crippen molar-refractivity contribution in [1.82, 2.24) is 19.7 Å². The van der Waals surface area contributed by atoms with Crippen molar-refractivity contribution < 1.29 is 13.9 Å². The molecule has 1 saturated heterocycles. The van der Waals surface area contributed by atoms with E-state index in [-0.39, 0.29) is 11.4 Å². The molecule has 0 radical (unpaired) electrons. The Kier molecular flexibility index (Phi) is 5.13. The first kappa shape index (κ1) is 20.0. The van der Waals surface area contributed by atoms with Gasteiger partial charge in [-0.15, -0.1) is 10.2 Å². The molecule has 0 saturated carbocycles. The zero-order valence-corrected chi connectivity index (χ0v) is 18.4. The summed E-state index contributed by atoms with van der Waals surface area (Å²) < 4.78 is 13.3. The zero-order chi connectivity index (χ0) is 21.4. The second-order valence-corrected chi connectivity index (χ2v) is 8.77. The molecule has 1 spiro atoms. The van der Waals surface area contributed by atoms with Crippen LogP contribution >= 0.6 is 11.8 Å². The minimum absolute atomic E-state index is 0.0981. The van der Waals surface area contributed by atoms with E-state index in [1.165, 1.54) is 17.5 Å². The lowest BCUT2D eigenvalue weighted by Gasteiger charge is -2.46. The summed E-state index contributed by atoms with van der Waals surface area (Å²) in [6.07, 6.45) is 3.79. The van der Waals surface area contributed by atoms with E-state index in [1.54, 1.807) is 6.92 Å². The monoisotopic (exact) mass is 439 g/mol. The van der Waals surface area contributed by atoms with E-state index < -0.39 is 0 Å². The summed E-state index contributed by atoms with van der Waals surface area (Å²) in [4.78, 5) is 14.7. The zero-order valence-electron chi connectivity index (χ0n) is 17.6. The number of aromatic nitrogens is 3. The van der Waals surface area contributed by atoms with Crippen LogP contribution in [0, 0.1) is 6.92 Å². The Morgan fingerprint density at radius 2 is 2.13 bits per heavy atom. The molecule has 1 N–H and O–H groups in total. The van der Waals surface area contributed by atoms with Crippen molar-refractivity contribution >= 4 is 23.4 Å². The molecule has 3 aromatic rings. The van der Waals surface area contributed by atoms with Crippen LogP contribution in [0.4, 0.5) is 5.69 Å². The lowest BCUT2D eigenvalue weighted by atomic mass is 9.82. The average molecular weight is 440 g/mol. The van der Waals surface area contributed by atoms with Crippen LogP contribution in [-0.4, -0.2) is 51.0 Å². The number of hydrogen-bond donors (Lipinski definition) is 1. The third-order valence-corrected chi connectivity index (χ3v) is 6.75. The second-order valence-electron chi connectivity index (χ2n) is 7.84. The van der Waals surface area contributed by atoms with Gasteiger partial charge in [-0.3, -0.25) is 4.79 Å².